The van der Waals surface area contributed by atoms with Crippen molar-refractivity contribution in [3.05, 3.63) is 162 Å². The summed E-state index contributed by atoms with van der Waals surface area (Å²) < 4.78 is 0. The van der Waals surface area contributed by atoms with Gasteiger partial charge < -0.3 is 4.90 Å². The zero-order valence-electron chi connectivity index (χ0n) is 33.7. The lowest BCUT2D eigenvalue weighted by molar-refractivity contribution is 0.249. The predicted molar refractivity (Wildman–Crippen MR) is 227 cm³/mol. The summed E-state index contributed by atoms with van der Waals surface area (Å²) >= 11 is 0. The summed E-state index contributed by atoms with van der Waals surface area (Å²) in [6.45, 7) is 39.2. The third kappa shape index (κ3) is 15.4. The molecule has 1 heteroatoms. The molecule has 0 saturated carbocycles. The van der Waals surface area contributed by atoms with Crippen LogP contribution >= 0.6 is 0 Å². The summed E-state index contributed by atoms with van der Waals surface area (Å²) in [7, 11) is 0. The van der Waals surface area contributed by atoms with E-state index in [0.717, 1.165) is 45.1 Å². The lowest BCUT2D eigenvalue weighted by Gasteiger charge is -2.37. The molecule has 0 spiro atoms. The fourth-order valence-electron chi connectivity index (χ4n) is 6.14. The van der Waals surface area contributed by atoms with E-state index < -0.39 is 0 Å². The maximum absolute atomic E-state index is 4.41. The second-order valence-corrected chi connectivity index (χ2v) is 14.0. The van der Waals surface area contributed by atoms with Crippen LogP contribution in [0.2, 0.25) is 0 Å². The number of allylic oxidation sites excluding steroid dienone is 5. The highest BCUT2D eigenvalue weighted by molar-refractivity contribution is 5.73. The van der Waals surface area contributed by atoms with E-state index in [4.69, 9.17) is 0 Å². The predicted octanol–water partition coefficient (Wildman–Crippen LogP) is 14.1. The fraction of sp³-hybridized carbons (Fsp3) is 0.429. The first-order chi connectivity index (χ1) is 23.9. The maximum Gasteiger partial charge on any atom is 0.0491 e. The number of hydrogen-bond donors (Lipinski definition) is 0. The number of benzene rings is 3. The Bertz CT molecular complexity index is 1460. The van der Waals surface area contributed by atoms with Gasteiger partial charge in [0, 0.05) is 18.3 Å². The smallest absolute Gasteiger partial charge is 0.0491 e. The van der Waals surface area contributed by atoms with Gasteiger partial charge in [-0.25, -0.2) is 0 Å². The summed E-state index contributed by atoms with van der Waals surface area (Å²) in [5.74, 6) is 1.63. The molecule has 0 heterocycles. The Kier molecular flexibility index (Phi) is 21.5. The summed E-state index contributed by atoms with van der Waals surface area (Å²) in [6, 6.07) is 30.4. The average Bonchev–Trinajstić information content (AvgIpc) is 3.52. The number of fused-ring (bicyclic) bond motifs is 1. The van der Waals surface area contributed by atoms with E-state index in [-0.39, 0.29) is 0 Å². The molecular formula is C49H71N. The second-order valence-electron chi connectivity index (χ2n) is 14.0. The van der Waals surface area contributed by atoms with Crippen LogP contribution in [0.25, 0.3) is 5.57 Å². The van der Waals surface area contributed by atoms with Crippen molar-refractivity contribution in [3.8, 4) is 0 Å². The quantitative estimate of drug-likeness (QED) is 0.145. The topological polar surface area (TPSA) is 3.24 Å². The molecule has 1 aliphatic carbocycles. The van der Waals surface area contributed by atoms with Crippen molar-refractivity contribution in [3.63, 3.8) is 0 Å². The lowest BCUT2D eigenvalue weighted by atomic mass is 9.92. The zero-order valence-corrected chi connectivity index (χ0v) is 33.7. The van der Waals surface area contributed by atoms with Gasteiger partial charge in [0.2, 0.25) is 0 Å². The van der Waals surface area contributed by atoms with Gasteiger partial charge in [0.1, 0.15) is 0 Å². The SMILES string of the molecule is C=C(C)C(C)CC1=CCc2ccccc21.C=C(C)C(C)Cc1ccccc1.C=C(C)C(CC)N(CCC)C(=C)C(C)Cc1ccccc1.CC. The minimum atomic E-state index is 0.413. The molecule has 3 aromatic carbocycles. The molecule has 50 heavy (non-hydrogen) atoms. The Morgan fingerprint density at radius 3 is 1.54 bits per heavy atom. The molecule has 272 valence electrons. The van der Waals surface area contributed by atoms with Gasteiger partial charge in [-0.15, -0.1) is 0 Å². The summed E-state index contributed by atoms with van der Waals surface area (Å²) in [5.41, 5.74) is 12.2. The molecule has 0 radical (unpaired) electrons. The molecule has 0 aromatic heterocycles. The molecule has 0 fully saturated rings. The van der Waals surface area contributed by atoms with Crippen LogP contribution in [0.3, 0.4) is 0 Å². The van der Waals surface area contributed by atoms with Crippen molar-refractivity contribution in [1.29, 1.82) is 0 Å². The van der Waals surface area contributed by atoms with Gasteiger partial charge in [-0.05, 0) is 105 Å². The molecule has 4 rings (SSSR count). The molecule has 3 aromatic rings. The van der Waals surface area contributed by atoms with E-state index in [9.17, 15) is 0 Å². The Morgan fingerprint density at radius 1 is 0.620 bits per heavy atom. The molecule has 1 nitrogen and oxygen atoms in total. The van der Waals surface area contributed by atoms with E-state index in [0.29, 0.717) is 23.8 Å². The summed E-state index contributed by atoms with van der Waals surface area (Å²) in [6.07, 6.45) is 8.99. The van der Waals surface area contributed by atoms with Crippen molar-refractivity contribution >= 4 is 5.57 Å². The lowest BCUT2D eigenvalue weighted by Crippen LogP contribution is -2.37. The molecular weight excluding hydrogens is 603 g/mol. The normalized spacial score (nSPS) is 13.5. The first kappa shape index (κ1) is 44.2. The van der Waals surface area contributed by atoms with Crippen molar-refractivity contribution in [1.82, 2.24) is 4.90 Å². The molecule has 0 N–H and O–H groups in total. The average molecular weight is 674 g/mol. The first-order valence-electron chi connectivity index (χ1n) is 19.2. The molecule has 0 saturated heterocycles. The van der Waals surface area contributed by atoms with Crippen molar-refractivity contribution in [2.75, 3.05) is 6.54 Å². The third-order valence-electron chi connectivity index (χ3n) is 9.64. The van der Waals surface area contributed by atoms with Gasteiger partial charge in [-0.1, -0.05) is 183 Å². The Hall–Kier alpha value is -3.84. The van der Waals surface area contributed by atoms with E-state index in [2.05, 4.69) is 178 Å². The Labute approximate surface area is 309 Å². The minimum absolute atomic E-state index is 0.413. The van der Waals surface area contributed by atoms with Crippen LogP contribution in [0.1, 0.15) is 111 Å². The largest absolute Gasteiger partial charge is 0.368 e. The standard InChI is InChI=1S/C20H31N.C15H18.C12H16.C2H6/c1-7-14-21(20(8-2)16(3)4)18(6)17(5)15-19-12-10-9-11-13-19;1-11(2)12(3)10-14-9-8-13-6-4-5-7-15(13)14;1-10(2)11(3)9-12-7-5-4-6-8-12;1-2/h9-13,17,20H,3,6-8,14-15H2,1-2,4-5H3;4-7,9,12H,1,8,10H2,2-3H3;4-8,11H,1,9H2,2-3H3;1-2H3. The molecule has 1 aliphatic rings. The highest BCUT2D eigenvalue weighted by Crippen LogP contribution is 2.33. The molecule has 0 aliphatic heterocycles. The molecule has 0 bridgehead atoms. The Balaban J connectivity index is 0.000000379. The van der Waals surface area contributed by atoms with E-state index >= 15 is 0 Å². The van der Waals surface area contributed by atoms with Crippen LogP contribution < -0.4 is 0 Å². The van der Waals surface area contributed by atoms with Crippen LogP contribution in [0, 0.1) is 17.8 Å². The second kappa shape index (κ2) is 24.3. The van der Waals surface area contributed by atoms with Gasteiger partial charge in [0.25, 0.3) is 0 Å². The van der Waals surface area contributed by atoms with E-state index in [1.807, 2.05) is 13.8 Å². The van der Waals surface area contributed by atoms with Crippen molar-refractivity contribution in [2.45, 2.75) is 114 Å². The molecule has 4 atom stereocenters. The zero-order chi connectivity index (χ0) is 37.6. The molecule has 0 amide bonds. The number of rotatable bonds is 15. The van der Waals surface area contributed by atoms with Crippen LogP contribution in [0.15, 0.2) is 140 Å². The fourth-order valence-corrected chi connectivity index (χ4v) is 6.14. The van der Waals surface area contributed by atoms with E-state index in [1.54, 1.807) is 0 Å². The third-order valence-corrected chi connectivity index (χ3v) is 9.64. The first-order valence-corrected chi connectivity index (χ1v) is 19.2. The highest BCUT2D eigenvalue weighted by Gasteiger charge is 2.22. The number of hydrogen-bond acceptors (Lipinski definition) is 1. The van der Waals surface area contributed by atoms with Crippen molar-refractivity contribution < 1.29 is 0 Å². The maximum atomic E-state index is 4.41. The molecule has 4 unspecified atom stereocenters. The Morgan fingerprint density at radius 2 is 1.08 bits per heavy atom. The van der Waals surface area contributed by atoms with Crippen LogP contribution in [-0.4, -0.2) is 17.5 Å². The highest BCUT2D eigenvalue weighted by atomic mass is 15.2. The van der Waals surface area contributed by atoms with Crippen LogP contribution in [-0.2, 0) is 19.3 Å². The van der Waals surface area contributed by atoms with Gasteiger partial charge in [-0.3, -0.25) is 0 Å². The van der Waals surface area contributed by atoms with Crippen LogP contribution in [0.5, 0.6) is 0 Å². The summed E-state index contributed by atoms with van der Waals surface area (Å²) in [5, 5.41) is 0. The van der Waals surface area contributed by atoms with Gasteiger partial charge in [0.15, 0.2) is 0 Å². The monoisotopic (exact) mass is 674 g/mol. The van der Waals surface area contributed by atoms with E-state index in [1.165, 1.54) is 50.2 Å². The van der Waals surface area contributed by atoms with Gasteiger partial charge in [0.05, 0.1) is 0 Å². The van der Waals surface area contributed by atoms with Crippen LogP contribution in [0.4, 0.5) is 0 Å². The summed E-state index contributed by atoms with van der Waals surface area (Å²) in [4.78, 5) is 2.47. The van der Waals surface area contributed by atoms with Crippen molar-refractivity contribution in [2.24, 2.45) is 17.8 Å². The van der Waals surface area contributed by atoms with Gasteiger partial charge >= 0.3 is 0 Å². The van der Waals surface area contributed by atoms with Gasteiger partial charge in [-0.2, -0.15) is 0 Å². The number of nitrogens with zero attached hydrogens (tertiary/aromatic N) is 1. The minimum Gasteiger partial charge on any atom is -0.368 e.